The van der Waals surface area contributed by atoms with Gasteiger partial charge in [-0.3, -0.25) is 24.3 Å². The molecular weight excluding hydrogens is 328 g/mol. The molecule has 0 saturated carbocycles. The number of anilines is 1. The van der Waals surface area contributed by atoms with Gasteiger partial charge in [0.2, 0.25) is 11.7 Å². The fraction of sp³-hybridized carbons (Fsp3) is 0.200. The summed E-state index contributed by atoms with van der Waals surface area (Å²) in [5.74, 6) is -0.179. The number of hydrogen-bond acceptors (Lipinski definition) is 6. The smallest absolute Gasteiger partial charge is 0.269 e. The van der Waals surface area contributed by atoms with Crippen molar-refractivity contribution in [2.75, 3.05) is 5.32 Å². The number of carbonyl (C=O) groups is 1. The van der Waals surface area contributed by atoms with Crippen molar-refractivity contribution in [3.63, 3.8) is 0 Å². The quantitative estimate of drug-likeness (QED) is 0.544. The number of hydrogen-bond donors (Lipinski definition) is 1. The molecule has 1 aromatic carbocycles. The van der Waals surface area contributed by atoms with Crippen LogP contribution in [-0.2, 0) is 11.8 Å². The highest BCUT2D eigenvalue weighted by atomic mass is 16.6. The Kier molecular flexibility index (Phi) is 3.14. The standard InChI is InChI=1S/C15H12N6O4/c1-19-14(23)12-10(8-2-4-9(5-3-8)21(24)25)6-11(22)18-13(12)20-15(19)16-7-17-20/h2-5,7,10H,6H2,1H3,(H,18,22)/t10-/m0/s1. The van der Waals surface area contributed by atoms with Crippen molar-refractivity contribution < 1.29 is 9.72 Å². The minimum absolute atomic E-state index is 0.0520. The van der Waals surface area contributed by atoms with E-state index >= 15 is 0 Å². The van der Waals surface area contributed by atoms with E-state index in [0.29, 0.717) is 16.9 Å². The molecule has 2 aromatic heterocycles. The Morgan fingerprint density at radius 2 is 2.00 bits per heavy atom. The summed E-state index contributed by atoms with van der Waals surface area (Å²) < 4.78 is 2.77. The lowest BCUT2D eigenvalue weighted by molar-refractivity contribution is -0.384. The second kappa shape index (κ2) is 5.23. The van der Waals surface area contributed by atoms with Crippen LogP contribution in [0.5, 0.6) is 0 Å². The number of fused-ring (bicyclic) bond motifs is 3. The lowest BCUT2D eigenvalue weighted by Gasteiger charge is -2.25. The number of nitro groups is 1. The highest BCUT2D eigenvalue weighted by Crippen LogP contribution is 2.35. The van der Waals surface area contributed by atoms with Gasteiger partial charge in [-0.25, -0.2) is 0 Å². The molecule has 0 bridgehead atoms. The Hall–Kier alpha value is -3.56. The molecule has 1 N–H and O–H groups in total. The normalized spacial score (nSPS) is 16.5. The summed E-state index contributed by atoms with van der Waals surface area (Å²) in [6, 6.07) is 5.85. The molecule has 0 fully saturated rings. The number of non-ortho nitro benzene ring substituents is 1. The number of aryl methyl sites for hydroxylation is 1. The minimum atomic E-state index is -0.517. The summed E-state index contributed by atoms with van der Waals surface area (Å²) in [6.07, 6.45) is 1.37. The summed E-state index contributed by atoms with van der Waals surface area (Å²) in [5.41, 5.74) is 0.690. The van der Waals surface area contributed by atoms with E-state index in [0.717, 1.165) is 0 Å². The maximum atomic E-state index is 12.8. The van der Waals surface area contributed by atoms with Crippen LogP contribution in [0.2, 0.25) is 0 Å². The molecule has 3 heterocycles. The number of nitrogens with one attached hydrogen (secondary N) is 1. The van der Waals surface area contributed by atoms with Crippen LogP contribution in [-0.4, -0.2) is 30.0 Å². The van der Waals surface area contributed by atoms with E-state index in [1.165, 1.54) is 27.5 Å². The third kappa shape index (κ3) is 2.18. The van der Waals surface area contributed by atoms with Crippen molar-refractivity contribution in [3.8, 4) is 0 Å². The van der Waals surface area contributed by atoms with Gasteiger partial charge in [0, 0.05) is 31.5 Å². The van der Waals surface area contributed by atoms with E-state index in [2.05, 4.69) is 15.4 Å². The molecule has 25 heavy (non-hydrogen) atoms. The average molecular weight is 340 g/mol. The fourth-order valence-electron chi connectivity index (χ4n) is 3.13. The van der Waals surface area contributed by atoms with Gasteiger partial charge >= 0.3 is 0 Å². The number of benzene rings is 1. The van der Waals surface area contributed by atoms with Crippen molar-refractivity contribution in [2.24, 2.45) is 7.05 Å². The summed E-state index contributed by atoms with van der Waals surface area (Å²) in [7, 11) is 1.58. The molecule has 1 aliphatic heterocycles. The first-order valence-corrected chi connectivity index (χ1v) is 7.44. The van der Waals surface area contributed by atoms with Gasteiger partial charge in [0.05, 0.1) is 10.5 Å². The summed E-state index contributed by atoms with van der Waals surface area (Å²) in [5, 5.41) is 17.6. The van der Waals surface area contributed by atoms with Crippen LogP contribution >= 0.6 is 0 Å². The van der Waals surface area contributed by atoms with Gasteiger partial charge in [-0.15, -0.1) is 0 Å². The molecule has 0 radical (unpaired) electrons. The van der Waals surface area contributed by atoms with Crippen LogP contribution in [0, 0.1) is 10.1 Å². The van der Waals surface area contributed by atoms with Gasteiger partial charge in [-0.05, 0) is 5.56 Å². The van der Waals surface area contributed by atoms with Crippen molar-refractivity contribution >= 4 is 23.2 Å². The monoisotopic (exact) mass is 340 g/mol. The van der Waals surface area contributed by atoms with Gasteiger partial charge in [-0.2, -0.15) is 14.6 Å². The molecule has 0 saturated heterocycles. The second-order valence-electron chi connectivity index (χ2n) is 5.75. The maximum Gasteiger partial charge on any atom is 0.269 e. The number of amides is 1. The summed E-state index contributed by atoms with van der Waals surface area (Å²) in [6.45, 7) is 0. The van der Waals surface area contributed by atoms with Crippen LogP contribution in [0.15, 0.2) is 35.4 Å². The predicted octanol–water partition coefficient (Wildman–Crippen LogP) is 0.810. The predicted molar refractivity (Wildman–Crippen MR) is 86.4 cm³/mol. The van der Waals surface area contributed by atoms with Crippen LogP contribution in [0.1, 0.15) is 23.5 Å². The molecule has 0 spiro atoms. The lowest BCUT2D eigenvalue weighted by Crippen LogP contribution is -2.35. The molecule has 0 unspecified atom stereocenters. The van der Waals surface area contributed by atoms with Gasteiger partial charge in [-0.1, -0.05) is 12.1 Å². The third-order valence-electron chi connectivity index (χ3n) is 4.33. The van der Waals surface area contributed by atoms with Gasteiger partial charge in [0.25, 0.3) is 11.2 Å². The molecule has 126 valence electrons. The van der Waals surface area contributed by atoms with Crippen molar-refractivity contribution in [3.05, 3.63) is 62.2 Å². The Morgan fingerprint density at radius 1 is 1.28 bits per heavy atom. The van der Waals surface area contributed by atoms with Crippen molar-refractivity contribution in [1.82, 2.24) is 19.2 Å². The zero-order chi connectivity index (χ0) is 17.7. The van der Waals surface area contributed by atoms with E-state index in [9.17, 15) is 19.7 Å². The highest BCUT2D eigenvalue weighted by molar-refractivity contribution is 5.94. The van der Waals surface area contributed by atoms with E-state index in [1.807, 2.05) is 0 Å². The molecule has 3 aromatic rings. The first-order valence-electron chi connectivity index (χ1n) is 7.44. The van der Waals surface area contributed by atoms with Crippen LogP contribution in [0.25, 0.3) is 5.78 Å². The Labute approximate surface area is 139 Å². The minimum Gasteiger partial charge on any atom is -0.310 e. The Bertz CT molecular complexity index is 1080. The SMILES string of the molecule is Cn1c(=O)c2c(n3ncnc13)NC(=O)C[C@H]2c1ccc([N+](=O)[O-])cc1. The Balaban J connectivity index is 1.95. The Morgan fingerprint density at radius 3 is 2.68 bits per heavy atom. The van der Waals surface area contributed by atoms with E-state index < -0.39 is 10.8 Å². The highest BCUT2D eigenvalue weighted by Gasteiger charge is 2.33. The number of aromatic nitrogens is 4. The number of nitro benzene ring substituents is 1. The molecule has 0 aliphatic carbocycles. The third-order valence-corrected chi connectivity index (χ3v) is 4.33. The lowest BCUT2D eigenvalue weighted by atomic mass is 9.86. The number of nitrogens with zero attached hydrogens (tertiary/aromatic N) is 5. The van der Waals surface area contributed by atoms with Gasteiger partial charge < -0.3 is 5.32 Å². The van der Waals surface area contributed by atoms with Crippen LogP contribution in [0.4, 0.5) is 11.5 Å². The summed E-state index contributed by atoms with van der Waals surface area (Å²) >= 11 is 0. The first kappa shape index (κ1) is 15.0. The molecule has 10 nitrogen and oxygen atoms in total. The molecule has 4 rings (SSSR count). The zero-order valence-electron chi connectivity index (χ0n) is 13.0. The summed E-state index contributed by atoms with van der Waals surface area (Å²) in [4.78, 5) is 39.3. The molecule has 1 amide bonds. The largest absolute Gasteiger partial charge is 0.310 e. The second-order valence-corrected chi connectivity index (χ2v) is 5.75. The maximum absolute atomic E-state index is 12.8. The fourth-order valence-corrected chi connectivity index (χ4v) is 3.13. The number of rotatable bonds is 2. The topological polar surface area (TPSA) is 124 Å². The van der Waals surface area contributed by atoms with Crippen molar-refractivity contribution in [1.29, 1.82) is 0 Å². The molecule has 1 atom stereocenters. The van der Waals surface area contributed by atoms with E-state index in [-0.39, 0.29) is 29.4 Å². The van der Waals surface area contributed by atoms with Gasteiger partial charge in [0.1, 0.15) is 12.1 Å². The van der Waals surface area contributed by atoms with E-state index in [1.54, 1.807) is 19.2 Å². The van der Waals surface area contributed by atoms with E-state index in [4.69, 9.17) is 0 Å². The zero-order valence-corrected chi connectivity index (χ0v) is 13.0. The first-order chi connectivity index (χ1) is 12.0. The molecule has 10 heteroatoms. The average Bonchev–Trinajstić information content (AvgIpc) is 3.09. The van der Waals surface area contributed by atoms with Gasteiger partial charge in [0.15, 0.2) is 0 Å². The number of carbonyl (C=O) groups excluding carboxylic acids is 1. The van der Waals surface area contributed by atoms with Crippen LogP contribution in [0.3, 0.4) is 0 Å². The van der Waals surface area contributed by atoms with Crippen molar-refractivity contribution in [2.45, 2.75) is 12.3 Å². The molecule has 1 aliphatic rings. The molecular formula is C15H12N6O4. The van der Waals surface area contributed by atoms with Crippen LogP contribution < -0.4 is 10.9 Å².